The normalized spacial score (nSPS) is 11.6. The molecule has 0 aliphatic carbocycles. The van der Waals surface area contributed by atoms with Gasteiger partial charge in [0.15, 0.2) is 0 Å². The Kier molecular flexibility index (Phi) is 4.90. The number of hydrogen-bond donors (Lipinski definition) is 1. The topological polar surface area (TPSA) is 85.6 Å². The first kappa shape index (κ1) is 16.8. The van der Waals surface area contributed by atoms with E-state index in [2.05, 4.69) is 0 Å². The minimum Gasteiger partial charge on any atom is -0.496 e. The summed E-state index contributed by atoms with van der Waals surface area (Å²) in [5.74, 6) is 0.984. The number of rotatable bonds is 5. The van der Waals surface area contributed by atoms with Crippen LogP contribution in [0.1, 0.15) is 17.1 Å². The second-order valence-corrected chi connectivity index (χ2v) is 6.57. The molecule has 2 rings (SSSR count). The van der Waals surface area contributed by atoms with Crippen LogP contribution in [0.3, 0.4) is 0 Å². The summed E-state index contributed by atoms with van der Waals surface area (Å²) in [5.41, 5.74) is 0.657. The number of carbonyl (C=O) groups is 1. The molecule has 0 aliphatic rings. The van der Waals surface area contributed by atoms with Crippen molar-refractivity contribution in [2.45, 2.75) is 18.7 Å². The highest BCUT2D eigenvalue weighted by Gasteiger charge is 2.17. The predicted octanol–water partition coefficient (Wildman–Crippen LogP) is 2.42. The Bertz CT molecular complexity index is 849. The number of sulfonamides is 1. The molecule has 0 fully saturated rings. The molecule has 1 N–H and O–H groups in total. The van der Waals surface area contributed by atoms with Crippen molar-refractivity contribution in [1.29, 1.82) is 0 Å². The van der Waals surface area contributed by atoms with Gasteiger partial charge in [0.25, 0.3) is 15.9 Å². The number of nitrogens with one attached hydrogen (secondary N) is 1. The number of hydrogen-bond acceptors (Lipinski definition) is 5. The van der Waals surface area contributed by atoms with Gasteiger partial charge >= 0.3 is 0 Å². The zero-order valence-electron chi connectivity index (χ0n) is 13.0. The van der Waals surface area contributed by atoms with E-state index >= 15 is 0 Å². The largest absolute Gasteiger partial charge is 0.496 e. The minimum atomic E-state index is -3.94. The van der Waals surface area contributed by atoms with Gasteiger partial charge in [-0.15, -0.1) is 0 Å². The maximum absolute atomic E-state index is 12.2. The summed E-state index contributed by atoms with van der Waals surface area (Å²) in [6, 6.07) is 7.78. The van der Waals surface area contributed by atoms with Crippen LogP contribution in [0.15, 0.2) is 45.7 Å². The van der Waals surface area contributed by atoms with Crippen LogP contribution in [0.25, 0.3) is 6.08 Å². The van der Waals surface area contributed by atoms with E-state index in [0.717, 1.165) is 6.08 Å². The van der Waals surface area contributed by atoms with Crippen molar-refractivity contribution in [2.75, 3.05) is 7.11 Å². The Morgan fingerprint density at radius 1 is 1.22 bits per heavy atom. The Morgan fingerprint density at radius 3 is 2.52 bits per heavy atom. The quantitative estimate of drug-likeness (QED) is 0.848. The Hall–Kier alpha value is -2.54. The summed E-state index contributed by atoms with van der Waals surface area (Å²) < 4.78 is 36.7. The lowest BCUT2D eigenvalue weighted by Crippen LogP contribution is -2.29. The minimum absolute atomic E-state index is 0.00797. The second-order valence-electron chi connectivity index (χ2n) is 4.88. The fourth-order valence-electron chi connectivity index (χ4n) is 1.94. The Labute approximate surface area is 134 Å². The van der Waals surface area contributed by atoms with Crippen molar-refractivity contribution >= 4 is 22.0 Å². The molecule has 1 aromatic carbocycles. The van der Waals surface area contributed by atoms with Gasteiger partial charge in [-0.25, -0.2) is 13.1 Å². The van der Waals surface area contributed by atoms with Crippen molar-refractivity contribution in [2.24, 2.45) is 0 Å². The highest BCUT2D eigenvalue weighted by molar-refractivity contribution is 7.90. The standard InChI is InChI=1S/C16H17NO5S/c1-11-10-14(7-8-15(11)21-3)23(19,20)17-16(18)9-6-13-5-4-12(2)22-13/h4-10H,1-3H3,(H,17,18)/b9-6+. The molecule has 7 heteroatoms. The number of amides is 1. The summed E-state index contributed by atoms with van der Waals surface area (Å²) in [4.78, 5) is 11.8. The van der Waals surface area contributed by atoms with E-state index in [9.17, 15) is 13.2 Å². The van der Waals surface area contributed by atoms with Crippen LogP contribution in [0.4, 0.5) is 0 Å². The van der Waals surface area contributed by atoms with E-state index in [1.54, 1.807) is 26.0 Å². The molecule has 1 aromatic heterocycles. The van der Waals surface area contributed by atoms with Crippen molar-refractivity contribution in [3.05, 3.63) is 53.5 Å². The zero-order valence-corrected chi connectivity index (χ0v) is 13.8. The van der Waals surface area contributed by atoms with Crippen LogP contribution >= 0.6 is 0 Å². The average molecular weight is 335 g/mol. The first-order valence-corrected chi connectivity index (χ1v) is 8.26. The Morgan fingerprint density at radius 2 is 1.96 bits per heavy atom. The molecule has 1 heterocycles. The second kappa shape index (κ2) is 6.70. The molecule has 23 heavy (non-hydrogen) atoms. The van der Waals surface area contributed by atoms with Crippen molar-refractivity contribution in [3.63, 3.8) is 0 Å². The molecule has 0 bridgehead atoms. The first-order chi connectivity index (χ1) is 10.8. The number of aryl methyl sites for hydroxylation is 2. The summed E-state index contributed by atoms with van der Waals surface area (Å²) in [5, 5.41) is 0. The fraction of sp³-hybridized carbons (Fsp3) is 0.188. The van der Waals surface area contributed by atoms with Gasteiger partial charge in [0, 0.05) is 6.08 Å². The fourth-order valence-corrected chi connectivity index (χ4v) is 2.97. The lowest BCUT2D eigenvalue weighted by molar-refractivity contribution is -0.114. The summed E-state index contributed by atoms with van der Waals surface area (Å²) >= 11 is 0. The summed E-state index contributed by atoms with van der Waals surface area (Å²) in [7, 11) is -2.44. The molecular formula is C16H17NO5S. The van der Waals surface area contributed by atoms with Crippen LogP contribution in [-0.2, 0) is 14.8 Å². The third-order valence-electron chi connectivity index (χ3n) is 3.07. The number of methoxy groups -OCH3 is 1. The van der Waals surface area contributed by atoms with E-state index in [1.165, 1.54) is 31.4 Å². The number of carbonyl (C=O) groups excluding carboxylic acids is 1. The highest BCUT2D eigenvalue weighted by atomic mass is 32.2. The molecule has 0 aliphatic heterocycles. The van der Waals surface area contributed by atoms with Crippen LogP contribution < -0.4 is 9.46 Å². The molecule has 122 valence electrons. The van der Waals surface area contributed by atoms with Gasteiger partial charge < -0.3 is 9.15 Å². The molecule has 0 unspecified atom stereocenters. The summed E-state index contributed by atoms with van der Waals surface area (Å²) in [6.45, 7) is 3.49. The van der Waals surface area contributed by atoms with Gasteiger partial charge in [-0.3, -0.25) is 4.79 Å². The molecular weight excluding hydrogens is 318 g/mol. The van der Waals surface area contributed by atoms with Crippen LogP contribution in [-0.4, -0.2) is 21.4 Å². The predicted molar refractivity (Wildman–Crippen MR) is 85.5 cm³/mol. The first-order valence-electron chi connectivity index (χ1n) is 6.78. The Balaban J connectivity index is 2.12. The van der Waals surface area contributed by atoms with Gasteiger partial charge in [0.1, 0.15) is 17.3 Å². The molecule has 0 saturated carbocycles. The van der Waals surface area contributed by atoms with E-state index in [4.69, 9.17) is 9.15 Å². The molecule has 0 atom stereocenters. The lowest BCUT2D eigenvalue weighted by atomic mass is 10.2. The number of furan rings is 1. The third kappa shape index (κ3) is 4.23. The smallest absolute Gasteiger partial charge is 0.264 e. The van der Waals surface area contributed by atoms with Crippen molar-refractivity contribution in [1.82, 2.24) is 4.72 Å². The maximum atomic E-state index is 12.2. The van der Waals surface area contributed by atoms with Gasteiger partial charge in [0.05, 0.1) is 12.0 Å². The average Bonchev–Trinajstić information content (AvgIpc) is 2.90. The van der Waals surface area contributed by atoms with Crippen molar-refractivity contribution in [3.8, 4) is 5.75 Å². The number of ether oxygens (including phenoxy) is 1. The maximum Gasteiger partial charge on any atom is 0.264 e. The van der Waals surface area contributed by atoms with Crippen molar-refractivity contribution < 1.29 is 22.4 Å². The molecule has 2 aromatic rings. The van der Waals surface area contributed by atoms with Crippen LogP contribution in [0.2, 0.25) is 0 Å². The third-order valence-corrected chi connectivity index (χ3v) is 4.42. The van der Waals surface area contributed by atoms with Gasteiger partial charge in [-0.05, 0) is 55.8 Å². The molecule has 6 nitrogen and oxygen atoms in total. The zero-order chi connectivity index (χ0) is 17.0. The van der Waals surface area contributed by atoms with E-state index in [-0.39, 0.29) is 4.90 Å². The SMILES string of the molecule is COc1ccc(S(=O)(=O)NC(=O)/C=C/c2ccc(C)o2)cc1C. The van der Waals surface area contributed by atoms with Gasteiger partial charge in [0.2, 0.25) is 0 Å². The molecule has 1 amide bonds. The van der Waals surface area contributed by atoms with Gasteiger partial charge in [-0.2, -0.15) is 0 Å². The monoisotopic (exact) mass is 335 g/mol. The lowest BCUT2D eigenvalue weighted by Gasteiger charge is -2.08. The summed E-state index contributed by atoms with van der Waals surface area (Å²) in [6.07, 6.45) is 2.50. The molecule has 0 spiro atoms. The highest BCUT2D eigenvalue weighted by Crippen LogP contribution is 2.21. The molecule has 0 radical (unpaired) electrons. The van der Waals surface area contributed by atoms with E-state index < -0.39 is 15.9 Å². The van der Waals surface area contributed by atoms with Gasteiger partial charge in [-0.1, -0.05) is 0 Å². The molecule has 0 saturated heterocycles. The van der Waals surface area contributed by atoms with E-state index in [0.29, 0.717) is 22.8 Å². The van der Waals surface area contributed by atoms with Crippen LogP contribution in [0.5, 0.6) is 5.75 Å². The van der Waals surface area contributed by atoms with Crippen LogP contribution in [0, 0.1) is 13.8 Å². The van der Waals surface area contributed by atoms with E-state index in [1.807, 2.05) is 4.72 Å². The number of benzene rings is 1.